The summed E-state index contributed by atoms with van der Waals surface area (Å²) in [7, 11) is 0. The van der Waals surface area contributed by atoms with E-state index in [0.717, 1.165) is 16.4 Å². The van der Waals surface area contributed by atoms with Gasteiger partial charge in [-0.05, 0) is 37.3 Å². The van der Waals surface area contributed by atoms with Gasteiger partial charge in [-0.25, -0.2) is 9.59 Å². The fourth-order valence-electron chi connectivity index (χ4n) is 4.16. The van der Waals surface area contributed by atoms with Crippen LogP contribution in [0.1, 0.15) is 49.1 Å². The Morgan fingerprint density at radius 2 is 1.85 bits per heavy atom. The molecular weight excluding hydrogens is 366 g/mol. The van der Waals surface area contributed by atoms with Crippen molar-refractivity contribution in [2.75, 3.05) is 0 Å². The predicted octanol–water partition coefficient (Wildman–Crippen LogP) is 4.97. The van der Waals surface area contributed by atoms with Crippen LogP contribution in [0.25, 0.3) is 33.4 Å². The van der Waals surface area contributed by atoms with E-state index in [9.17, 15) is 9.59 Å². The molecule has 0 saturated heterocycles. The van der Waals surface area contributed by atoms with Crippen molar-refractivity contribution in [3.63, 3.8) is 0 Å². The van der Waals surface area contributed by atoms with Crippen molar-refractivity contribution in [2.45, 2.75) is 44.9 Å². The molecule has 0 N–H and O–H groups in total. The lowest BCUT2D eigenvalue weighted by Gasteiger charge is -2.20. The van der Waals surface area contributed by atoms with Crippen molar-refractivity contribution in [3.05, 3.63) is 49.7 Å². The Balaban J connectivity index is 1.75. The first-order valence-corrected chi connectivity index (χ1v) is 9.85. The van der Waals surface area contributed by atoms with Crippen molar-refractivity contribution in [3.8, 4) is 11.5 Å². The minimum Gasteiger partial charge on any atom is -0.464 e. The van der Waals surface area contributed by atoms with Gasteiger partial charge in [-0.1, -0.05) is 19.3 Å². The lowest BCUT2D eigenvalue weighted by molar-refractivity contribution is 0.441. The molecule has 3 aromatic heterocycles. The van der Waals surface area contributed by atoms with Gasteiger partial charge in [0, 0.05) is 22.4 Å². The molecule has 6 nitrogen and oxygen atoms in total. The normalized spacial score (nSPS) is 15.7. The summed E-state index contributed by atoms with van der Waals surface area (Å²) in [6.45, 7) is 1.82. The molecule has 0 atom stereocenters. The Hall–Kier alpha value is -2.67. The zero-order chi connectivity index (χ0) is 18.5. The highest BCUT2D eigenvalue weighted by Gasteiger charge is 2.23. The van der Waals surface area contributed by atoms with E-state index in [2.05, 4.69) is 4.37 Å². The Labute approximate surface area is 157 Å². The molecule has 27 heavy (non-hydrogen) atoms. The summed E-state index contributed by atoms with van der Waals surface area (Å²) in [6.07, 6.45) is 7.96. The molecule has 138 valence electrons. The molecule has 1 fully saturated rings. The lowest BCUT2D eigenvalue weighted by Crippen LogP contribution is -2.06. The molecule has 1 saturated carbocycles. The van der Waals surface area contributed by atoms with E-state index in [1.54, 1.807) is 6.07 Å². The molecule has 0 bridgehead atoms. The van der Waals surface area contributed by atoms with E-state index in [-0.39, 0.29) is 11.5 Å². The SMILES string of the molecule is Cc1c(-c2nsc(=O)o2)c(=O)oc2cc3occ(C4CCCCC4)c3cc12. The largest absolute Gasteiger partial charge is 0.464 e. The monoisotopic (exact) mass is 383 g/mol. The molecular formula is C20H17NO5S. The lowest BCUT2D eigenvalue weighted by atomic mass is 9.84. The molecule has 7 heteroatoms. The second kappa shape index (κ2) is 6.20. The molecule has 0 spiro atoms. The Kier molecular flexibility index (Phi) is 3.79. The van der Waals surface area contributed by atoms with Gasteiger partial charge in [0.05, 0.1) is 17.8 Å². The van der Waals surface area contributed by atoms with Crippen LogP contribution in [0.3, 0.4) is 0 Å². The van der Waals surface area contributed by atoms with E-state index in [1.807, 2.05) is 19.3 Å². The third-order valence-corrected chi connectivity index (χ3v) is 6.02. The van der Waals surface area contributed by atoms with Crippen molar-refractivity contribution >= 4 is 33.5 Å². The van der Waals surface area contributed by atoms with Crippen molar-refractivity contribution in [1.29, 1.82) is 0 Å². The maximum Gasteiger partial charge on any atom is 0.414 e. The van der Waals surface area contributed by atoms with Crippen molar-refractivity contribution in [2.24, 2.45) is 0 Å². The molecule has 0 unspecified atom stereocenters. The number of fused-ring (bicyclic) bond motifs is 2. The van der Waals surface area contributed by atoms with Gasteiger partial charge >= 0.3 is 10.6 Å². The van der Waals surface area contributed by atoms with E-state index in [4.69, 9.17) is 13.3 Å². The Morgan fingerprint density at radius 3 is 2.59 bits per heavy atom. The molecule has 5 rings (SSSR count). The quantitative estimate of drug-likeness (QED) is 0.454. The molecule has 1 aromatic carbocycles. The van der Waals surface area contributed by atoms with Crippen molar-refractivity contribution < 1.29 is 13.3 Å². The first kappa shape index (κ1) is 16.5. The molecule has 1 aliphatic rings. The zero-order valence-electron chi connectivity index (χ0n) is 14.7. The first-order chi connectivity index (χ1) is 13.1. The molecule has 4 aromatic rings. The minimum atomic E-state index is -0.576. The Morgan fingerprint density at radius 1 is 1.04 bits per heavy atom. The van der Waals surface area contributed by atoms with Crippen LogP contribution in [0.5, 0.6) is 0 Å². The standard InChI is InChI=1S/C20H17NO5S/c1-10-12-7-13-14(11-5-3-2-4-6-11)9-24-15(13)8-16(12)25-19(22)17(10)18-21-27-20(23)26-18/h7-9,11H,2-6H2,1H3. The number of hydrogen-bond donors (Lipinski definition) is 0. The summed E-state index contributed by atoms with van der Waals surface area (Å²) >= 11 is 0.679. The van der Waals surface area contributed by atoms with Crippen LogP contribution in [-0.4, -0.2) is 4.37 Å². The van der Waals surface area contributed by atoms with Gasteiger partial charge < -0.3 is 13.3 Å². The third kappa shape index (κ3) is 2.65. The minimum absolute atomic E-state index is 0.0120. The maximum absolute atomic E-state index is 12.5. The summed E-state index contributed by atoms with van der Waals surface area (Å²) in [5.41, 5.74) is 2.71. The third-order valence-electron chi connectivity index (χ3n) is 5.53. The topological polar surface area (TPSA) is 86.5 Å². The van der Waals surface area contributed by atoms with E-state index < -0.39 is 10.6 Å². The summed E-state index contributed by atoms with van der Waals surface area (Å²) in [4.78, 5) is 23.3. The van der Waals surface area contributed by atoms with Gasteiger partial charge in [-0.15, -0.1) is 4.37 Å². The van der Waals surface area contributed by atoms with E-state index in [0.29, 0.717) is 28.6 Å². The van der Waals surface area contributed by atoms with Gasteiger partial charge in [-0.3, -0.25) is 0 Å². The van der Waals surface area contributed by atoms with Gasteiger partial charge in [0.15, 0.2) is 0 Å². The fourth-order valence-corrected chi connectivity index (χ4v) is 4.56. The van der Waals surface area contributed by atoms with Crippen LogP contribution in [0.4, 0.5) is 0 Å². The maximum atomic E-state index is 12.5. The van der Waals surface area contributed by atoms with Gasteiger partial charge in [0.2, 0.25) is 5.89 Å². The highest BCUT2D eigenvalue weighted by atomic mass is 32.1. The van der Waals surface area contributed by atoms with Crippen LogP contribution < -0.4 is 10.6 Å². The zero-order valence-corrected chi connectivity index (χ0v) is 15.6. The van der Waals surface area contributed by atoms with Crippen molar-refractivity contribution in [1.82, 2.24) is 4.37 Å². The smallest absolute Gasteiger partial charge is 0.414 e. The number of nitrogens with zero attached hydrogens (tertiary/aromatic N) is 1. The summed E-state index contributed by atoms with van der Waals surface area (Å²) < 4.78 is 20.2. The average molecular weight is 383 g/mol. The van der Waals surface area contributed by atoms with Crippen LogP contribution >= 0.6 is 11.5 Å². The van der Waals surface area contributed by atoms with Gasteiger partial charge in [-0.2, -0.15) is 0 Å². The summed E-state index contributed by atoms with van der Waals surface area (Å²) in [6, 6.07) is 3.79. The molecule has 0 amide bonds. The van der Waals surface area contributed by atoms with E-state index >= 15 is 0 Å². The predicted molar refractivity (Wildman–Crippen MR) is 102 cm³/mol. The van der Waals surface area contributed by atoms with Gasteiger partial charge in [0.1, 0.15) is 16.7 Å². The fraction of sp³-hybridized carbons (Fsp3) is 0.350. The van der Waals surface area contributed by atoms with Crippen LogP contribution in [0.2, 0.25) is 0 Å². The first-order valence-electron chi connectivity index (χ1n) is 9.07. The summed E-state index contributed by atoms with van der Waals surface area (Å²) in [5, 5.41) is 1.85. The van der Waals surface area contributed by atoms with Crippen LogP contribution in [0.15, 0.2) is 41.2 Å². The second-order valence-electron chi connectivity index (χ2n) is 7.10. The highest BCUT2D eigenvalue weighted by molar-refractivity contribution is 7.02. The van der Waals surface area contributed by atoms with Crippen LogP contribution in [0, 0.1) is 6.92 Å². The number of aryl methyl sites for hydroxylation is 1. The second-order valence-corrected chi connectivity index (χ2v) is 7.80. The number of hydrogen-bond acceptors (Lipinski definition) is 7. The molecule has 0 radical (unpaired) electrons. The average Bonchev–Trinajstić information content (AvgIpc) is 3.27. The number of aromatic nitrogens is 1. The van der Waals surface area contributed by atoms with E-state index in [1.165, 1.54) is 37.7 Å². The molecule has 0 aliphatic heterocycles. The van der Waals surface area contributed by atoms with Gasteiger partial charge in [0.25, 0.3) is 0 Å². The number of rotatable bonds is 2. The van der Waals surface area contributed by atoms with Crippen LogP contribution in [-0.2, 0) is 0 Å². The summed E-state index contributed by atoms with van der Waals surface area (Å²) in [5.74, 6) is 0.516. The highest BCUT2D eigenvalue weighted by Crippen LogP contribution is 2.39. The molecule has 1 aliphatic carbocycles. The Bertz CT molecular complexity index is 1270. The molecule has 3 heterocycles. The number of benzene rings is 1. The number of furan rings is 1.